The second kappa shape index (κ2) is 7.87. The number of amides is 2. The third-order valence-electron chi connectivity index (χ3n) is 3.44. The van der Waals surface area contributed by atoms with Gasteiger partial charge in [0.2, 0.25) is 0 Å². The Labute approximate surface area is 135 Å². The van der Waals surface area contributed by atoms with Crippen LogP contribution in [0.4, 0.5) is 10.5 Å². The number of nitriles is 1. The molecule has 6 nitrogen and oxygen atoms in total. The van der Waals surface area contributed by atoms with E-state index in [1.807, 2.05) is 11.8 Å². The van der Waals surface area contributed by atoms with Crippen LogP contribution in [-0.4, -0.2) is 55.2 Å². The molecule has 0 bridgehead atoms. The number of rotatable bonds is 4. The van der Waals surface area contributed by atoms with Crippen LogP contribution in [0.5, 0.6) is 5.75 Å². The fraction of sp³-hybridized carbons (Fsp3) is 0.467. The van der Waals surface area contributed by atoms with E-state index in [1.165, 1.54) is 0 Å². The molecule has 0 aliphatic carbocycles. The highest BCUT2D eigenvalue weighted by atomic mass is 35.5. The Morgan fingerprint density at radius 2 is 2.14 bits per heavy atom. The Hall–Kier alpha value is -1.97. The number of halogens is 1. The highest BCUT2D eigenvalue weighted by Gasteiger charge is 2.21. The molecule has 0 aromatic heterocycles. The van der Waals surface area contributed by atoms with Gasteiger partial charge in [-0.25, -0.2) is 4.79 Å². The van der Waals surface area contributed by atoms with E-state index < -0.39 is 0 Å². The molecular weight excluding hydrogens is 304 g/mol. The maximum Gasteiger partial charge on any atom is 0.322 e. The molecule has 0 saturated carbocycles. The molecule has 1 aromatic rings. The molecule has 0 spiro atoms. The lowest BCUT2D eigenvalue weighted by molar-refractivity contribution is 0.156. The van der Waals surface area contributed by atoms with Gasteiger partial charge in [0.1, 0.15) is 5.75 Å². The normalized spacial score (nSPS) is 15.2. The van der Waals surface area contributed by atoms with Crippen LogP contribution in [0.2, 0.25) is 5.02 Å². The van der Waals surface area contributed by atoms with Crippen molar-refractivity contribution in [2.45, 2.75) is 6.92 Å². The number of urea groups is 1. The number of nitrogens with zero attached hydrogens (tertiary/aromatic N) is 3. The molecule has 2 rings (SSSR count). The number of piperazine rings is 1. The van der Waals surface area contributed by atoms with Gasteiger partial charge in [-0.15, -0.1) is 0 Å². The number of benzene rings is 1. The molecule has 1 aliphatic rings. The molecule has 1 aliphatic heterocycles. The van der Waals surface area contributed by atoms with Crippen LogP contribution in [0.3, 0.4) is 0 Å². The second-order valence-corrected chi connectivity index (χ2v) is 5.36. The minimum Gasteiger partial charge on any atom is -0.492 e. The van der Waals surface area contributed by atoms with Crippen LogP contribution in [-0.2, 0) is 0 Å². The van der Waals surface area contributed by atoms with E-state index >= 15 is 0 Å². The number of anilines is 1. The fourth-order valence-corrected chi connectivity index (χ4v) is 2.44. The number of carbonyl (C=O) groups is 1. The van der Waals surface area contributed by atoms with Gasteiger partial charge in [0, 0.05) is 37.3 Å². The summed E-state index contributed by atoms with van der Waals surface area (Å²) in [5.41, 5.74) is 0.607. The second-order valence-electron chi connectivity index (χ2n) is 4.92. The van der Waals surface area contributed by atoms with Crippen molar-refractivity contribution in [2.75, 3.05) is 44.6 Å². The monoisotopic (exact) mass is 322 g/mol. The smallest absolute Gasteiger partial charge is 0.322 e. The summed E-state index contributed by atoms with van der Waals surface area (Å²) >= 11 is 5.95. The zero-order valence-corrected chi connectivity index (χ0v) is 13.3. The summed E-state index contributed by atoms with van der Waals surface area (Å²) < 4.78 is 5.49. The predicted octanol–water partition coefficient (Wildman–Crippen LogP) is 2.41. The summed E-state index contributed by atoms with van der Waals surface area (Å²) in [4.78, 5) is 16.1. The van der Waals surface area contributed by atoms with Gasteiger partial charge in [0.15, 0.2) is 0 Å². The molecule has 1 N–H and O–H groups in total. The van der Waals surface area contributed by atoms with E-state index in [1.54, 1.807) is 23.1 Å². The maximum absolute atomic E-state index is 12.3. The Morgan fingerprint density at radius 3 is 2.77 bits per heavy atom. The van der Waals surface area contributed by atoms with Crippen LogP contribution >= 0.6 is 11.6 Å². The van der Waals surface area contributed by atoms with Crippen molar-refractivity contribution < 1.29 is 9.53 Å². The lowest BCUT2D eigenvalue weighted by Gasteiger charge is -2.33. The highest BCUT2D eigenvalue weighted by Crippen LogP contribution is 2.28. The summed E-state index contributed by atoms with van der Waals surface area (Å²) in [5.74, 6) is 0.562. The zero-order valence-electron chi connectivity index (χ0n) is 12.5. The molecule has 1 heterocycles. The molecule has 0 atom stereocenters. The Balaban J connectivity index is 1.97. The number of ether oxygens (including phenoxy) is 1. The lowest BCUT2D eigenvalue weighted by atomic mass is 10.3. The van der Waals surface area contributed by atoms with Gasteiger partial charge in [-0.1, -0.05) is 11.6 Å². The molecule has 7 heteroatoms. The van der Waals surface area contributed by atoms with Crippen LogP contribution < -0.4 is 10.1 Å². The van der Waals surface area contributed by atoms with Crippen molar-refractivity contribution in [1.29, 1.82) is 5.26 Å². The molecule has 2 amide bonds. The highest BCUT2D eigenvalue weighted by molar-refractivity contribution is 6.30. The molecule has 0 radical (unpaired) electrons. The lowest BCUT2D eigenvalue weighted by Crippen LogP contribution is -2.50. The Kier molecular flexibility index (Phi) is 5.87. The molecular formula is C15H19ClN4O2. The minimum absolute atomic E-state index is 0.167. The molecule has 1 saturated heterocycles. The van der Waals surface area contributed by atoms with Crippen molar-refractivity contribution in [3.8, 4) is 11.8 Å². The molecule has 22 heavy (non-hydrogen) atoms. The first kappa shape index (κ1) is 16.4. The molecule has 0 unspecified atom stereocenters. The Bertz CT molecular complexity index is 565. The van der Waals surface area contributed by atoms with E-state index in [0.717, 1.165) is 0 Å². The minimum atomic E-state index is -0.167. The molecule has 1 aromatic carbocycles. The number of carbonyl (C=O) groups excluding carboxylic acids is 1. The average molecular weight is 323 g/mol. The standard InChI is InChI=1S/C15H19ClN4O2/c1-2-22-14-11-12(16)3-4-13(14)18-15(21)20-9-7-19(6-5-17)8-10-20/h3-4,11H,2,6-10H2,1H3,(H,18,21). The average Bonchev–Trinajstić information content (AvgIpc) is 2.51. The van der Waals surface area contributed by atoms with Crippen LogP contribution in [0.25, 0.3) is 0 Å². The van der Waals surface area contributed by atoms with Crippen LogP contribution in [0.1, 0.15) is 6.92 Å². The third-order valence-corrected chi connectivity index (χ3v) is 3.67. The topological polar surface area (TPSA) is 68.6 Å². The predicted molar refractivity (Wildman–Crippen MR) is 85.3 cm³/mol. The number of hydrogen-bond donors (Lipinski definition) is 1. The van der Waals surface area contributed by atoms with Crippen molar-refractivity contribution >= 4 is 23.3 Å². The van der Waals surface area contributed by atoms with Crippen LogP contribution in [0, 0.1) is 11.3 Å². The SMILES string of the molecule is CCOc1cc(Cl)ccc1NC(=O)N1CCN(CC#N)CC1. The van der Waals surface area contributed by atoms with Crippen molar-refractivity contribution in [1.82, 2.24) is 9.80 Å². The van der Waals surface area contributed by atoms with Gasteiger partial charge < -0.3 is 15.0 Å². The van der Waals surface area contributed by atoms with Gasteiger partial charge in [0.25, 0.3) is 0 Å². The van der Waals surface area contributed by atoms with Gasteiger partial charge in [-0.05, 0) is 19.1 Å². The quantitative estimate of drug-likeness (QED) is 0.864. The first-order valence-corrected chi connectivity index (χ1v) is 7.59. The summed E-state index contributed by atoms with van der Waals surface area (Å²) in [6.07, 6.45) is 0. The van der Waals surface area contributed by atoms with E-state index in [-0.39, 0.29) is 6.03 Å². The van der Waals surface area contributed by atoms with Crippen molar-refractivity contribution in [3.05, 3.63) is 23.2 Å². The van der Waals surface area contributed by atoms with Crippen molar-refractivity contribution in [2.24, 2.45) is 0 Å². The summed E-state index contributed by atoms with van der Waals surface area (Å²) in [7, 11) is 0. The summed E-state index contributed by atoms with van der Waals surface area (Å²) in [6, 6.07) is 7.09. The zero-order chi connectivity index (χ0) is 15.9. The van der Waals surface area contributed by atoms with Crippen molar-refractivity contribution in [3.63, 3.8) is 0 Å². The van der Waals surface area contributed by atoms with Gasteiger partial charge in [-0.3, -0.25) is 4.90 Å². The van der Waals surface area contributed by atoms with Crippen LogP contribution in [0.15, 0.2) is 18.2 Å². The first-order valence-electron chi connectivity index (χ1n) is 7.21. The maximum atomic E-state index is 12.3. The Morgan fingerprint density at radius 1 is 1.41 bits per heavy atom. The largest absolute Gasteiger partial charge is 0.492 e. The summed E-state index contributed by atoms with van der Waals surface area (Å²) in [5, 5.41) is 12.1. The van der Waals surface area contributed by atoms with E-state index in [2.05, 4.69) is 11.4 Å². The van der Waals surface area contributed by atoms with E-state index in [4.69, 9.17) is 21.6 Å². The van der Waals surface area contributed by atoms with Gasteiger partial charge >= 0.3 is 6.03 Å². The molecule has 1 fully saturated rings. The van der Waals surface area contributed by atoms with E-state index in [9.17, 15) is 4.79 Å². The number of hydrogen-bond acceptors (Lipinski definition) is 4. The third kappa shape index (κ3) is 4.26. The number of nitrogens with one attached hydrogen (secondary N) is 1. The summed E-state index contributed by atoms with van der Waals surface area (Å²) in [6.45, 7) is 5.40. The van der Waals surface area contributed by atoms with E-state index in [0.29, 0.717) is 55.8 Å². The fourth-order valence-electron chi connectivity index (χ4n) is 2.28. The van der Waals surface area contributed by atoms with Gasteiger partial charge in [0.05, 0.1) is 24.9 Å². The molecule has 118 valence electrons. The first-order chi connectivity index (χ1) is 10.6. The van der Waals surface area contributed by atoms with Gasteiger partial charge in [-0.2, -0.15) is 5.26 Å².